The van der Waals surface area contributed by atoms with Gasteiger partial charge in [-0.3, -0.25) is 0 Å². The zero-order valence-electron chi connectivity index (χ0n) is 9.55. The molecule has 0 amide bonds. The van der Waals surface area contributed by atoms with Crippen molar-refractivity contribution < 1.29 is 0 Å². The van der Waals surface area contributed by atoms with Gasteiger partial charge in [0.25, 0.3) is 0 Å². The molecule has 6 heteroatoms. The molecule has 1 aromatic rings. The maximum atomic E-state index is 5.84. The Morgan fingerprint density at radius 1 is 1.25 bits per heavy atom. The minimum atomic E-state index is 0.146. The van der Waals surface area contributed by atoms with Crippen LogP contribution in [-0.4, -0.2) is 27.0 Å². The molecule has 1 heterocycles. The van der Waals surface area contributed by atoms with Crippen molar-refractivity contribution in [3.8, 4) is 0 Å². The zero-order chi connectivity index (χ0) is 11.6. The topological polar surface area (TPSA) is 62.7 Å². The predicted octanol–water partition coefficient (Wildman–Crippen LogP) is 2.31. The number of hydrogen-bond donors (Lipinski definition) is 2. The van der Waals surface area contributed by atoms with Crippen LogP contribution in [0.5, 0.6) is 0 Å². The van der Waals surface area contributed by atoms with Crippen LogP contribution >= 0.6 is 11.6 Å². The van der Waals surface area contributed by atoms with Crippen molar-refractivity contribution in [1.82, 2.24) is 15.0 Å². The van der Waals surface area contributed by atoms with E-state index in [0.717, 1.165) is 25.8 Å². The van der Waals surface area contributed by atoms with Crippen molar-refractivity contribution in [3.05, 3.63) is 5.28 Å². The molecule has 0 bridgehead atoms. The van der Waals surface area contributed by atoms with Crippen LogP contribution in [-0.2, 0) is 0 Å². The highest BCUT2D eigenvalue weighted by molar-refractivity contribution is 6.28. The van der Waals surface area contributed by atoms with E-state index in [1.165, 1.54) is 0 Å². The Labute approximate surface area is 100 Å². The molecule has 0 spiro atoms. The highest BCUT2D eigenvalue weighted by Crippen LogP contribution is 2.37. The van der Waals surface area contributed by atoms with E-state index in [2.05, 4.69) is 39.4 Å². The zero-order valence-corrected chi connectivity index (χ0v) is 10.3. The highest BCUT2D eigenvalue weighted by Gasteiger charge is 2.38. The summed E-state index contributed by atoms with van der Waals surface area (Å²) in [5.74, 6) is 1.09. The summed E-state index contributed by atoms with van der Waals surface area (Å²) in [7, 11) is 0. The Morgan fingerprint density at radius 3 is 2.56 bits per heavy atom. The van der Waals surface area contributed by atoms with Gasteiger partial charge in [-0.2, -0.15) is 15.0 Å². The molecule has 0 radical (unpaired) electrons. The number of nitrogens with one attached hydrogen (secondary N) is 2. The second-order valence-corrected chi connectivity index (χ2v) is 4.70. The fourth-order valence-corrected chi connectivity index (χ4v) is 1.46. The van der Waals surface area contributed by atoms with Crippen LogP contribution in [0.2, 0.25) is 5.28 Å². The van der Waals surface area contributed by atoms with E-state index in [9.17, 15) is 0 Å². The maximum Gasteiger partial charge on any atom is 0.229 e. The lowest BCUT2D eigenvalue weighted by Gasteiger charge is -2.12. The van der Waals surface area contributed by atoms with Gasteiger partial charge in [0.2, 0.25) is 17.2 Å². The first-order chi connectivity index (χ1) is 7.61. The highest BCUT2D eigenvalue weighted by atomic mass is 35.5. The number of aromatic nitrogens is 3. The number of anilines is 2. The molecule has 16 heavy (non-hydrogen) atoms. The van der Waals surface area contributed by atoms with Gasteiger partial charge in [-0.15, -0.1) is 0 Å². The lowest BCUT2D eigenvalue weighted by molar-refractivity contribution is 0.804. The second-order valence-electron chi connectivity index (χ2n) is 4.36. The Kier molecular flexibility index (Phi) is 3.14. The minimum absolute atomic E-state index is 0.146. The lowest BCUT2D eigenvalue weighted by Crippen LogP contribution is -2.19. The van der Waals surface area contributed by atoms with Gasteiger partial charge in [-0.05, 0) is 37.8 Å². The number of nitrogens with zero attached hydrogens (tertiary/aromatic N) is 3. The summed E-state index contributed by atoms with van der Waals surface area (Å²) < 4.78 is 0. The van der Waals surface area contributed by atoms with Crippen LogP contribution in [0.3, 0.4) is 0 Å². The number of halogens is 1. The molecule has 0 aromatic carbocycles. The molecule has 0 unspecified atom stereocenters. The van der Waals surface area contributed by atoms with E-state index in [1.807, 2.05) is 0 Å². The molecule has 1 aliphatic rings. The average Bonchev–Trinajstić information content (AvgIpc) is 2.92. The van der Waals surface area contributed by atoms with E-state index in [1.54, 1.807) is 0 Å². The SMILES string of the molecule is CCCNc1nc(Cl)nc(NC2(C)CC2)n1. The van der Waals surface area contributed by atoms with Gasteiger partial charge in [-0.25, -0.2) is 0 Å². The van der Waals surface area contributed by atoms with E-state index in [-0.39, 0.29) is 10.8 Å². The third kappa shape index (κ3) is 2.95. The summed E-state index contributed by atoms with van der Waals surface area (Å²) >= 11 is 5.84. The Balaban J connectivity index is 2.08. The fourth-order valence-electron chi connectivity index (χ4n) is 1.30. The Morgan fingerprint density at radius 2 is 1.94 bits per heavy atom. The van der Waals surface area contributed by atoms with Crippen molar-refractivity contribution in [2.24, 2.45) is 0 Å². The molecule has 88 valence electrons. The van der Waals surface area contributed by atoms with Gasteiger partial charge in [0, 0.05) is 12.1 Å². The van der Waals surface area contributed by atoms with Crippen LogP contribution < -0.4 is 10.6 Å². The smallest absolute Gasteiger partial charge is 0.229 e. The third-order valence-corrected chi connectivity index (χ3v) is 2.72. The van der Waals surface area contributed by atoms with Gasteiger partial charge in [0.1, 0.15) is 0 Å². The fraction of sp³-hybridized carbons (Fsp3) is 0.700. The molecule has 1 aliphatic carbocycles. The Hall–Kier alpha value is -1.10. The van der Waals surface area contributed by atoms with Gasteiger partial charge in [0.15, 0.2) is 0 Å². The van der Waals surface area contributed by atoms with Crippen molar-refractivity contribution in [2.45, 2.75) is 38.6 Å². The standard InChI is InChI=1S/C10H16ClN5/c1-3-6-12-8-13-7(11)14-9(15-8)16-10(2)4-5-10/h3-6H2,1-2H3,(H2,12,13,14,15,16). The number of rotatable bonds is 5. The molecular weight excluding hydrogens is 226 g/mol. The number of hydrogen-bond acceptors (Lipinski definition) is 5. The van der Waals surface area contributed by atoms with Crippen LogP contribution in [0.1, 0.15) is 33.1 Å². The van der Waals surface area contributed by atoms with Crippen molar-refractivity contribution in [1.29, 1.82) is 0 Å². The van der Waals surface area contributed by atoms with Crippen LogP contribution in [0.25, 0.3) is 0 Å². The quantitative estimate of drug-likeness (QED) is 0.828. The Bertz CT molecular complexity index is 377. The summed E-state index contributed by atoms with van der Waals surface area (Å²) in [6.07, 6.45) is 3.31. The largest absolute Gasteiger partial charge is 0.354 e. The summed E-state index contributed by atoms with van der Waals surface area (Å²) in [5, 5.41) is 6.58. The van der Waals surface area contributed by atoms with Gasteiger partial charge >= 0.3 is 0 Å². The third-order valence-electron chi connectivity index (χ3n) is 2.55. The van der Waals surface area contributed by atoms with Gasteiger partial charge < -0.3 is 10.6 Å². The molecule has 1 saturated carbocycles. The van der Waals surface area contributed by atoms with E-state index >= 15 is 0 Å². The van der Waals surface area contributed by atoms with Crippen LogP contribution in [0, 0.1) is 0 Å². The first-order valence-electron chi connectivity index (χ1n) is 5.55. The van der Waals surface area contributed by atoms with E-state index in [4.69, 9.17) is 11.6 Å². The summed E-state index contributed by atoms with van der Waals surface area (Å²) in [4.78, 5) is 12.3. The molecule has 1 aromatic heterocycles. The lowest BCUT2D eigenvalue weighted by atomic mass is 10.3. The first-order valence-corrected chi connectivity index (χ1v) is 5.93. The first kappa shape index (κ1) is 11.4. The van der Waals surface area contributed by atoms with Crippen molar-refractivity contribution >= 4 is 23.5 Å². The molecule has 0 aliphatic heterocycles. The van der Waals surface area contributed by atoms with Gasteiger partial charge in [0.05, 0.1) is 0 Å². The maximum absolute atomic E-state index is 5.84. The van der Waals surface area contributed by atoms with Crippen LogP contribution in [0.4, 0.5) is 11.9 Å². The molecule has 0 saturated heterocycles. The normalized spacial score (nSPS) is 16.9. The molecule has 2 N–H and O–H groups in total. The van der Waals surface area contributed by atoms with E-state index in [0.29, 0.717) is 11.9 Å². The summed E-state index contributed by atoms with van der Waals surface area (Å²) in [6.45, 7) is 5.06. The average molecular weight is 242 g/mol. The van der Waals surface area contributed by atoms with Crippen molar-refractivity contribution in [3.63, 3.8) is 0 Å². The predicted molar refractivity (Wildman–Crippen MR) is 64.9 cm³/mol. The molecule has 5 nitrogen and oxygen atoms in total. The summed E-state index contributed by atoms with van der Waals surface area (Å²) in [5.41, 5.74) is 0.146. The van der Waals surface area contributed by atoms with E-state index < -0.39 is 0 Å². The minimum Gasteiger partial charge on any atom is -0.354 e. The molecule has 1 fully saturated rings. The van der Waals surface area contributed by atoms with Crippen molar-refractivity contribution in [2.75, 3.05) is 17.2 Å². The summed E-state index contributed by atoms with van der Waals surface area (Å²) in [6, 6.07) is 0. The molecular formula is C10H16ClN5. The second kappa shape index (κ2) is 4.41. The monoisotopic (exact) mass is 241 g/mol. The molecule has 0 atom stereocenters. The van der Waals surface area contributed by atoms with Crippen LogP contribution in [0.15, 0.2) is 0 Å². The van der Waals surface area contributed by atoms with Gasteiger partial charge in [-0.1, -0.05) is 6.92 Å². The molecule has 2 rings (SSSR count).